The van der Waals surface area contributed by atoms with E-state index in [1.54, 1.807) is 27.7 Å². The molecule has 20 rings (SSSR count). The molecule has 10 aliphatic rings. The van der Waals surface area contributed by atoms with Crippen LogP contribution in [0.4, 0.5) is 58.1 Å². The third-order valence-electron chi connectivity index (χ3n) is 29.5. The van der Waals surface area contributed by atoms with E-state index >= 15 is 0 Å². The van der Waals surface area contributed by atoms with E-state index in [4.69, 9.17) is 50.0 Å². The Kier molecular flexibility index (Phi) is 34.1. The summed E-state index contributed by atoms with van der Waals surface area (Å²) in [6.07, 6.45) is 24.1. The van der Waals surface area contributed by atoms with Crippen LogP contribution in [-0.4, -0.2) is 213 Å². The Labute approximate surface area is 861 Å². The fraction of sp³-hybridized carbons (Fsp3) is 0.486. The summed E-state index contributed by atoms with van der Waals surface area (Å²) < 4.78 is 40.8. The van der Waals surface area contributed by atoms with E-state index < -0.39 is 27.7 Å². The number of benzene rings is 5. The first kappa shape index (κ1) is 106. The molecule has 0 saturated carbocycles. The number of halogens is 1. The van der Waals surface area contributed by atoms with Crippen molar-refractivity contribution >= 4 is 59.9 Å². The molecule has 10 amide bonds. The van der Waals surface area contributed by atoms with E-state index in [1.807, 2.05) is 193 Å². The second kappa shape index (κ2) is 47.3. The van der Waals surface area contributed by atoms with Gasteiger partial charge in [-0.05, 0) is 206 Å². The van der Waals surface area contributed by atoms with Crippen molar-refractivity contribution in [3.8, 4) is 12.3 Å². The standard InChI is InChI=1S/C23H27N5O2.C22H28FN5O2.3C22H29N5O2/c1-4-16-5-7-17(8-6-16)13-25-22(29)28-15-20-19(23(28,2)3)14-24-21(27-20)26-18-9-11-30-12-10-18;1-14-4-5-15(10-18(14)23)11-25-21(29)28-13-19-17(22(28,2)3)12-24-20(27-19)26-16-6-8-30-9-7-16;2*1-15-4-6-16(7-5-15)12-24-21(28)27-14-19-18(22(27,2)3)13-23-20(26-19)25-17-8-10-29-11-9-17;1-22(2)18-13-23-20(24-17-9-11-29-12-10-17)25-19(18)15-27(22)21(28)26(3)14-16-7-5-4-6-8-16/h1,5-8,14,18H,9-13,15H2,2-3H3,(H,25,29)(H,24,26,27);4-5,10,12,16H,6-9,11,13H2,1-3H3,(H,25,29)(H,24,26,27);2*4-7,13,17H,8-12,14H2,1-3H3,(H,24,28)(H,23,25,26);4-8,13,17H,9-12,14-15H2,1-3H3,(H,23,24,25). The van der Waals surface area contributed by atoms with E-state index in [0.717, 1.165) is 220 Å². The number of aromatic nitrogens is 10. The number of carbonyl (C=O) groups excluding carboxylic acids is 5. The molecule has 0 unspecified atom stereocenters. The van der Waals surface area contributed by atoms with Crippen LogP contribution in [0.3, 0.4) is 0 Å². The molecule has 36 heteroatoms. The molecule has 10 aliphatic heterocycles. The molecule has 5 aromatic carbocycles. The highest BCUT2D eigenvalue weighted by molar-refractivity contribution is 5.79. The van der Waals surface area contributed by atoms with Crippen molar-refractivity contribution < 1.29 is 52.0 Å². The number of ether oxygens (including phenoxy) is 5. The van der Waals surface area contributed by atoms with Crippen LogP contribution in [0, 0.1) is 38.9 Å². The monoisotopic (exact) mass is 2000 g/mol. The summed E-state index contributed by atoms with van der Waals surface area (Å²) in [7, 11) is 1.85. The Bertz CT molecular complexity index is 6120. The van der Waals surface area contributed by atoms with Gasteiger partial charge in [-0.3, -0.25) is 0 Å². The molecular weight excluding hydrogens is 1860 g/mol. The number of rotatable bonds is 20. The SMILES string of the molecule is C#Cc1ccc(CNC(=O)N2Cc3nc(NC4CCOCC4)ncc3C2(C)C)cc1.CN(Cc1ccccc1)C(=O)N1Cc2nc(NC3CCOCC3)ncc2C1(C)C.Cc1ccc(CNC(=O)N2Cc3nc(NC4CCOCC4)ncc3C2(C)C)cc1.Cc1ccc(CNC(=O)N2Cc3nc(NC4CCOCC4)ncc3C2(C)C)cc1.Cc1ccc(CNC(=O)N2Cc3nc(NC4CCOCC4)ncc3C2(C)C)cc1F. The molecule has 147 heavy (non-hydrogen) atoms. The summed E-state index contributed by atoms with van der Waals surface area (Å²) in [6.45, 7) is 38.3. The molecule has 35 nitrogen and oxygen atoms in total. The highest BCUT2D eigenvalue weighted by atomic mass is 19.1. The number of nitrogens with one attached hydrogen (secondary N) is 9. The van der Waals surface area contributed by atoms with Crippen molar-refractivity contribution in [3.05, 3.63) is 264 Å². The van der Waals surface area contributed by atoms with Gasteiger partial charge in [0, 0.05) is 200 Å². The van der Waals surface area contributed by atoms with Gasteiger partial charge in [-0.2, -0.15) is 0 Å². The first-order valence-corrected chi connectivity index (χ1v) is 51.4. The fourth-order valence-corrected chi connectivity index (χ4v) is 19.9. The van der Waals surface area contributed by atoms with Crippen LogP contribution in [0.1, 0.15) is 240 Å². The molecule has 0 spiro atoms. The summed E-state index contributed by atoms with van der Waals surface area (Å²) in [5.41, 5.74) is 15.9. The van der Waals surface area contributed by atoms with Crippen LogP contribution in [0.2, 0.25) is 0 Å². The topological polar surface area (TPSA) is 388 Å². The number of terminal acetylenes is 1. The van der Waals surface area contributed by atoms with Crippen molar-refractivity contribution in [3.63, 3.8) is 0 Å². The van der Waals surface area contributed by atoms with E-state index in [9.17, 15) is 28.4 Å². The molecule has 10 aromatic rings. The van der Waals surface area contributed by atoms with E-state index in [-0.39, 0.29) is 42.5 Å². The number of fused-ring (bicyclic) bond motifs is 5. The van der Waals surface area contributed by atoms with Crippen molar-refractivity contribution in [2.75, 3.05) is 99.7 Å². The van der Waals surface area contributed by atoms with Gasteiger partial charge >= 0.3 is 30.2 Å². The zero-order chi connectivity index (χ0) is 104. The van der Waals surface area contributed by atoms with Crippen LogP contribution < -0.4 is 47.9 Å². The number of amides is 10. The van der Waals surface area contributed by atoms with Crippen LogP contribution in [0.25, 0.3) is 0 Å². The molecule has 778 valence electrons. The summed E-state index contributed by atoms with van der Waals surface area (Å²) in [6, 6.07) is 40.2. The largest absolute Gasteiger partial charge is 0.381 e. The third-order valence-corrected chi connectivity index (χ3v) is 29.5. The predicted molar refractivity (Wildman–Crippen MR) is 560 cm³/mol. The lowest BCUT2D eigenvalue weighted by atomic mass is 9.97. The van der Waals surface area contributed by atoms with Crippen LogP contribution in [-0.2, 0) is 117 Å². The van der Waals surface area contributed by atoms with Gasteiger partial charge in [0.15, 0.2) is 0 Å². The highest BCUT2D eigenvalue weighted by Gasteiger charge is 2.48. The average molecular weight is 2010 g/mol. The maximum Gasteiger partial charge on any atom is 0.321 e. The van der Waals surface area contributed by atoms with E-state index in [1.165, 1.54) is 17.2 Å². The number of nitrogens with zero attached hydrogens (tertiary/aromatic N) is 16. The summed E-state index contributed by atoms with van der Waals surface area (Å²) in [5, 5.41) is 29.0. The lowest BCUT2D eigenvalue weighted by molar-refractivity contribution is 0.0902. The van der Waals surface area contributed by atoms with Crippen LogP contribution in [0.15, 0.2) is 152 Å². The minimum atomic E-state index is -0.533. The zero-order valence-corrected chi connectivity index (χ0v) is 87.2. The Balaban J connectivity index is 0.000000131. The maximum absolute atomic E-state index is 13.8. The normalized spacial score (nSPS) is 18.2. The lowest BCUT2D eigenvalue weighted by Crippen LogP contribution is -2.46. The summed E-state index contributed by atoms with van der Waals surface area (Å²) in [4.78, 5) is 122. The maximum atomic E-state index is 13.8. The van der Waals surface area contributed by atoms with Crippen molar-refractivity contribution in [2.24, 2.45) is 0 Å². The number of carbonyl (C=O) groups is 5. The Morgan fingerprint density at radius 2 is 0.605 bits per heavy atom. The number of hydrogen-bond acceptors (Lipinski definition) is 25. The van der Waals surface area contributed by atoms with Crippen LogP contribution >= 0.6 is 0 Å². The molecule has 0 atom stereocenters. The van der Waals surface area contributed by atoms with Gasteiger partial charge < -0.3 is 101 Å². The van der Waals surface area contributed by atoms with Crippen molar-refractivity contribution in [2.45, 2.75) is 278 Å². The number of hydrogen-bond donors (Lipinski definition) is 9. The van der Waals surface area contributed by atoms with Gasteiger partial charge in [-0.15, -0.1) is 6.42 Å². The van der Waals surface area contributed by atoms with E-state index in [0.29, 0.717) is 124 Å². The minimum absolute atomic E-state index is 0.00390. The Morgan fingerprint density at radius 3 is 0.878 bits per heavy atom. The Hall–Kier alpha value is -13.9. The fourth-order valence-electron chi connectivity index (χ4n) is 19.9. The molecule has 9 N–H and O–H groups in total. The second-order valence-electron chi connectivity index (χ2n) is 41.8. The van der Waals surface area contributed by atoms with Crippen LogP contribution in [0.5, 0.6) is 0 Å². The molecule has 5 fully saturated rings. The van der Waals surface area contributed by atoms with Gasteiger partial charge in [0.2, 0.25) is 29.7 Å². The summed E-state index contributed by atoms with van der Waals surface area (Å²) in [5.74, 6) is 5.44. The quantitative estimate of drug-likeness (QED) is 0.0320. The predicted octanol–water partition coefficient (Wildman–Crippen LogP) is 16.5. The first-order valence-electron chi connectivity index (χ1n) is 51.4. The number of anilines is 5. The van der Waals surface area contributed by atoms with Crippen molar-refractivity contribution in [1.82, 2.24) is 101 Å². The lowest BCUT2D eigenvalue weighted by Gasteiger charge is -2.35. The minimum Gasteiger partial charge on any atom is -0.381 e. The molecule has 5 aromatic heterocycles. The molecule has 15 heterocycles. The number of aryl methyl sites for hydroxylation is 3. The second-order valence-corrected chi connectivity index (χ2v) is 41.8. The average Bonchev–Trinajstić information content (AvgIpc) is 1.55. The Morgan fingerprint density at radius 1 is 0.354 bits per heavy atom. The summed E-state index contributed by atoms with van der Waals surface area (Å²) >= 11 is 0. The van der Waals surface area contributed by atoms with Gasteiger partial charge in [0.05, 0.1) is 88.9 Å². The molecular formula is C111H142FN25O10. The van der Waals surface area contributed by atoms with Gasteiger partial charge in [-0.25, -0.2) is 78.2 Å². The van der Waals surface area contributed by atoms with Gasteiger partial charge in [-0.1, -0.05) is 120 Å². The molecule has 0 radical (unpaired) electrons. The third kappa shape index (κ3) is 26.2. The number of urea groups is 5. The smallest absolute Gasteiger partial charge is 0.321 e. The first-order chi connectivity index (χ1) is 70.6. The van der Waals surface area contributed by atoms with Gasteiger partial charge in [0.1, 0.15) is 5.82 Å². The molecule has 5 saturated heterocycles. The van der Waals surface area contributed by atoms with Gasteiger partial charge in [0.25, 0.3) is 0 Å². The highest BCUT2D eigenvalue weighted by Crippen LogP contribution is 2.44. The molecule has 0 aliphatic carbocycles. The van der Waals surface area contributed by atoms with Crippen molar-refractivity contribution in [1.29, 1.82) is 0 Å². The zero-order valence-electron chi connectivity index (χ0n) is 87.2. The van der Waals surface area contributed by atoms with E-state index in [2.05, 4.69) is 136 Å². The molecule has 0 bridgehead atoms.